The Morgan fingerprint density at radius 1 is 0.969 bits per heavy atom. The fraction of sp³-hybridized carbons (Fsp3) is 0.174. The summed E-state index contributed by atoms with van der Waals surface area (Å²) in [6.07, 6.45) is 0. The zero-order valence-corrected chi connectivity index (χ0v) is 17.8. The van der Waals surface area contributed by atoms with Crippen molar-refractivity contribution in [3.05, 3.63) is 77.4 Å². The maximum atomic E-state index is 12.8. The molecule has 9 heteroatoms. The molecule has 0 spiro atoms. The Morgan fingerprint density at radius 2 is 1.56 bits per heavy atom. The number of Topliss-reactive ketones (excluding diaryl/α,β-unsaturated/α-hetero) is 1. The van der Waals surface area contributed by atoms with E-state index >= 15 is 0 Å². The molecule has 0 bridgehead atoms. The van der Waals surface area contributed by atoms with Crippen molar-refractivity contribution in [1.29, 1.82) is 5.26 Å². The van der Waals surface area contributed by atoms with Crippen molar-refractivity contribution in [2.24, 2.45) is 0 Å². The standard InChI is InChI=1S/C23H20N6O3/c1-15-21(26-29(25-15)16-9-5-4-6-10-16)23(31)32-14-20(30)17(13-24)22-27(2)18-11-7-8-12-19(18)28(22)3/h4-12H,14H2,1-3H3. The molecule has 0 radical (unpaired) electrons. The Labute approximate surface area is 184 Å². The summed E-state index contributed by atoms with van der Waals surface area (Å²) in [5.41, 5.74) is 2.72. The van der Waals surface area contributed by atoms with Crippen LogP contribution < -0.4 is 9.80 Å². The molecule has 0 aliphatic carbocycles. The molecule has 1 aliphatic heterocycles. The minimum Gasteiger partial charge on any atom is -0.452 e. The van der Waals surface area contributed by atoms with E-state index in [1.807, 2.05) is 48.5 Å². The number of ketones is 1. The van der Waals surface area contributed by atoms with E-state index in [1.165, 1.54) is 4.80 Å². The molecular formula is C23H20N6O3. The number of nitriles is 1. The Bertz CT molecular complexity index is 1240. The molecule has 3 aromatic rings. The van der Waals surface area contributed by atoms with Gasteiger partial charge in [0, 0.05) is 14.1 Å². The maximum Gasteiger partial charge on any atom is 0.361 e. The van der Waals surface area contributed by atoms with E-state index in [2.05, 4.69) is 10.2 Å². The number of benzene rings is 2. The minimum absolute atomic E-state index is 0.00956. The number of carbonyl (C=O) groups is 2. The van der Waals surface area contributed by atoms with Crippen LogP contribution in [0.4, 0.5) is 11.4 Å². The van der Waals surface area contributed by atoms with Crippen LogP contribution in [0, 0.1) is 18.3 Å². The van der Waals surface area contributed by atoms with E-state index in [0.29, 0.717) is 17.2 Å². The molecule has 0 N–H and O–H groups in total. The third-order valence-corrected chi connectivity index (χ3v) is 5.15. The van der Waals surface area contributed by atoms with Gasteiger partial charge in [0.25, 0.3) is 0 Å². The number of hydrogen-bond acceptors (Lipinski definition) is 8. The highest BCUT2D eigenvalue weighted by Gasteiger charge is 2.31. The number of ether oxygens (including phenoxy) is 1. The summed E-state index contributed by atoms with van der Waals surface area (Å²) in [4.78, 5) is 30.2. The van der Waals surface area contributed by atoms with Gasteiger partial charge in [-0.15, -0.1) is 5.10 Å². The number of aryl methyl sites for hydroxylation is 1. The van der Waals surface area contributed by atoms with Gasteiger partial charge in [0.2, 0.25) is 5.78 Å². The number of anilines is 2. The molecule has 1 aliphatic rings. The van der Waals surface area contributed by atoms with Crippen LogP contribution in [-0.2, 0) is 9.53 Å². The summed E-state index contributed by atoms with van der Waals surface area (Å²) in [5.74, 6) is -0.951. The molecule has 9 nitrogen and oxygen atoms in total. The predicted molar refractivity (Wildman–Crippen MR) is 117 cm³/mol. The number of fused-ring (bicyclic) bond motifs is 1. The summed E-state index contributed by atoms with van der Waals surface area (Å²) in [6, 6.07) is 18.7. The monoisotopic (exact) mass is 428 g/mol. The smallest absolute Gasteiger partial charge is 0.361 e. The van der Waals surface area contributed by atoms with Gasteiger partial charge in [0.1, 0.15) is 17.5 Å². The topological polar surface area (TPSA) is 104 Å². The molecule has 32 heavy (non-hydrogen) atoms. The lowest BCUT2D eigenvalue weighted by Crippen LogP contribution is -2.28. The average molecular weight is 428 g/mol. The van der Waals surface area contributed by atoms with Gasteiger partial charge in [-0.2, -0.15) is 15.2 Å². The first-order valence-electron chi connectivity index (χ1n) is 9.83. The second-order valence-electron chi connectivity index (χ2n) is 7.18. The highest BCUT2D eigenvalue weighted by molar-refractivity contribution is 6.04. The van der Waals surface area contributed by atoms with Crippen LogP contribution in [0.1, 0.15) is 16.2 Å². The van der Waals surface area contributed by atoms with Gasteiger partial charge < -0.3 is 14.5 Å². The summed E-state index contributed by atoms with van der Waals surface area (Å²) >= 11 is 0. The summed E-state index contributed by atoms with van der Waals surface area (Å²) < 4.78 is 5.18. The largest absolute Gasteiger partial charge is 0.452 e. The van der Waals surface area contributed by atoms with Gasteiger partial charge in [0.05, 0.1) is 22.8 Å². The molecular weight excluding hydrogens is 408 g/mol. The highest BCUT2D eigenvalue weighted by atomic mass is 16.5. The number of aromatic nitrogens is 3. The van der Waals surface area contributed by atoms with Crippen LogP contribution in [0.3, 0.4) is 0 Å². The summed E-state index contributed by atoms with van der Waals surface area (Å²) in [6.45, 7) is 1.05. The van der Waals surface area contributed by atoms with Crippen LogP contribution in [0.5, 0.6) is 0 Å². The highest BCUT2D eigenvalue weighted by Crippen LogP contribution is 2.40. The molecule has 0 amide bonds. The normalized spacial score (nSPS) is 12.4. The number of carbonyl (C=O) groups excluding carboxylic acids is 2. The Balaban J connectivity index is 1.51. The van der Waals surface area contributed by atoms with Crippen molar-refractivity contribution in [3.63, 3.8) is 0 Å². The quantitative estimate of drug-likeness (QED) is 0.347. The van der Waals surface area contributed by atoms with Gasteiger partial charge in [-0.05, 0) is 31.2 Å². The molecule has 0 saturated carbocycles. The van der Waals surface area contributed by atoms with Gasteiger partial charge >= 0.3 is 5.97 Å². The second kappa shape index (κ2) is 8.35. The second-order valence-corrected chi connectivity index (χ2v) is 7.18. The van der Waals surface area contributed by atoms with E-state index < -0.39 is 18.4 Å². The zero-order chi connectivity index (χ0) is 22.8. The van der Waals surface area contributed by atoms with Crippen LogP contribution in [0.25, 0.3) is 5.69 Å². The third-order valence-electron chi connectivity index (χ3n) is 5.15. The molecule has 160 valence electrons. The third kappa shape index (κ3) is 3.58. The van der Waals surface area contributed by atoms with Crippen molar-refractivity contribution >= 4 is 23.1 Å². The van der Waals surface area contributed by atoms with Gasteiger partial charge in [-0.1, -0.05) is 30.3 Å². The van der Waals surface area contributed by atoms with E-state index in [1.54, 1.807) is 43.0 Å². The van der Waals surface area contributed by atoms with Crippen LogP contribution in [0.15, 0.2) is 66.0 Å². The Kier molecular flexibility index (Phi) is 5.43. The molecule has 0 saturated heterocycles. The van der Waals surface area contributed by atoms with Crippen LogP contribution >= 0.6 is 0 Å². The van der Waals surface area contributed by atoms with E-state index in [4.69, 9.17) is 4.74 Å². The number of para-hydroxylation sites is 3. The fourth-order valence-electron chi connectivity index (χ4n) is 3.57. The lowest BCUT2D eigenvalue weighted by molar-refractivity contribution is -0.118. The predicted octanol–water partition coefficient (Wildman–Crippen LogP) is 2.62. The van der Waals surface area contributed by atoms with Gasteiger partial charge in [-0.3, -0.25) is 4.79 Å². The SMILES string of the molecule is Cc1nn(-c2ccccc2)nc1C(=O)OCC(=O)C(C#N)=C1N(C)c2ccccc2N1C. The van der Waals surface area contributed by atoms with Crippen molar-refractivity contribution in [2.75, 3.05) is 30.5 Å². The first-order valence-corrected chi connectivity index (χ1v) is 9.83. The van der Waals surface area contributed by atoms with E-state index in [9.17, 15) is 14.9 Å². The zero-order valence-electron chi connectivity index (χ0n) is 17.8. The molecule has 1 aromatic heterocycles. The first-order chi connectivity index (χ1) is 15.4. The molecule has 2 aromatic carbocycles. The Hall–Kier alpha value is -4.45. The lowest BCUT2D eigenvalue weighted by atomic mass is 10.2. The van der Waals surface area contributed by atoms with E-state index in [-0.39, 0.29) is 11.3 Å². The Morgan fingerprint density at radius 3 is 2.16 bits per heavy atom. The minimum atomic E-state index is -0.781. The van der Waals surface area contributed by atoms with Crippen molar-refractivity contribution in [1.82, 2.24) is 15.0 Å². The number of esters is 1. The summed E-state index contributed by atoms with van der Waals surface area (Å²) in [7, 11) is 3.55. The number of nitrogens with zero attached hydrogens (tertiary/aromatic N) is 6. The molecule has 0 unspecified atom stereocenters. The van der Waals surface area contributed by atoms with Crippen molar-refractivity contribution < 1.29 is 14.3 Å². The fourth-order valence-corrected chi connectivity index (χ4v) is 3.57. The first kappa shape index (κ1) is 20.8. The molecule has 4 rings (SSSR count). The molecule has 2 heterocycles. The number of hydrogen-bond donors (Lipinski definition) is 0. The number of rotatable bonds is 5. The lowest BCUT2D eigenvalue weighted by Gasteiger charge is -2.19. The van der Waals surface area contributed by atoms with Crippen LogP contribution in [0.2, 0.25) is 0 Å². The van der Waals surface area contributed by atoms with Crippen LogP contribution in [-0.4, -0.2) is 47.4 Å². The maximum absolute atomic E-state index is 12.8. The molecule has 0 atom stereocenters. The molecule has 0 fully saturated rings. The average Bonchev–Trinajstić information content (AvgIpc) is 3.32. The van der Waals surface area contributed by atoms with Gasteiger partial charge in [-0.25, -0.2) is 4.79 Å². The van der Waals surface area contributed by atoms with Crippen molar-refractivity contribution in [3.8, 4) is 11.8 Å². The van der Waals surface area contributed by atoms with Gasteiger partial charge in [0.15, 0.2) is 12.3 Å². The van der Waals surface area contributed by atoms with E-state index in [0.717, 1.165) is 11.4 Å². The summed E-state index contributed by atoms with van der Waals surface area (Å²) in [5, 5.41) is 18.1. The van der Waals surface area contributed by atoms with Crippen molar-refractivity contribution in [2.45, 2.75) is 6.92 Å².